The zero-order valence-electron chi connectivity index (χ0n) is 11.4. The maximum atomic E-state index is 12.0. The van der Waals surface area contributed by atoms with Crippen molar-refractivity contribution in [1.82, 2.24) is 5.32 Å². The first-order valence-corrected chi connectivity index (χ1v) is 7.33. The van der Waals surface area contributed by atoms with Crippen molar-refractivity contribution in [2.75, 3.05) is 6.54 Å². The molecule has 0 aromatic heterocycles. The summed E-state index contributed by atoms with van der Waals surface area (Å²) in [5.41, 5.74) is 0.937. The van der Waals surface area contributed by atoms with Gasteiger partial charge < -0.3 is 10.1 Å². The molecular formula is C15H19NO3S. The molecule has 4 nitrogen and oxygen atoms in total. The van der Waals surface area contributed by atoms with E-state index in [-0.39, 0.29) is 11.3 Å². The first-order valence-electron chi connectivity index (χ1n) is 6.81. The van der Waals surface area contributed by atoms with Crippen LogP contribution in [0, 0.1) is 5.92 Å². The van der Waals surface area contributed by atoms with E-state index in [0.717, 1.165) is 24.9 Å². The van der Waals surface area contributed by atoms with E-state index in [4.69, 9.17) is 4.74 Å². The molecule has 1 heterocycles. The molecule has 2 rings (SSSR count). The molecular weight excluding hydrogens is 274 g/mol. The van der Waals surface area contributed by atoms with Crippen LogP contribution in [0.5, 0.6) is 0 Å². The van der Waals surface area contributed by atoms with Gasteiger partial charge >= 0.3 is 11.9 Å². The van der Waals surface area contributed by atoms with Crippen molar-refractivity contribution in [3.05, 3.63) is 35.9 Å². The average Bonchev–Trinajstić information content (AvgIpc) is 3.01. The van der Waals surface area contributed by atoms with Crippen LogP contribution >= 0.6 is 12.6 Å². The molecule has 108 valence electrons. The van der Waals surface area contributed by atoms with E-state index >= 15 is 0 Å². The number of benzene rings is 1. The summed E-state index contributed by atoms with van der Waals surface area (Å²) >= 11 is 4.46. The van der Waals surface area contributed by atoms with Gasteiger partial charge in [-0.05, 0) is 24.9 Å². The van der Waals surface area contributed by atoms with Crippen molar-refractivity contribution in [3.63, 3.8) is 0 Å². The van der Waals surface area contributed by atoms with E-state index in [2.05, 4.69) is 17.9 Å². The molecule has 1 fully saturated rings. The molecule has 1 aliphatic rings. The Morgan fingerprint density at radius 2 is 2.05 bits per heavy atom. The third-order valence-corrected chi connectivity index (χ3v) is 4.28. The Hall–Kier alpha value is -1.33. The van der Waals surface area contributed by atoms with Gasteiger partial charge in [-0.3, -0.25) is 4.79 Å². The van der Waals surface area contributed by atoms with E-state index < -0.39 is 17.9 Å². The Morgan fingerprint density at radius 3 is 2.65 bits per heavy atom. The first kappa shape index (κ1) is 15.1. The van der Waals surface area contributed by atoms with Crippen molar-refractivity contribution < 1.29 is 14.3 Å². The van der Waals surface area contributed by atoms with E-state index in [1.54, 1.807) is 6.92 Å². The van der Waals surface area contributed by atoms with Gasteiger partial charge in [-0.15, -0.1) is 0 Å². The summed E-state index contributed by atoms with van der Waals surface area (Å²) in [7, 11) is 0. The Kier molecular flexibility index (Phi) is 5.20. The lowest BCUT2D eigenvalue weighted by Gasteiger charge is -2.18. The fourth-order valence-electron chi connectivity index (χ4n) is 2.22. The zero-order valence-corrected chi connectivity index (χ0v) is 12.3. The summed E-state index contributed by atoms with van der Waals surface area (Å²) in [5, 5.41) is 2.73. The molecule has 1 aromatic carbocycles. The highest BCUT2D eigenvalue weighted by atomic mass is 32.1. The van der Waals surface area contributed by atoms with Crippen LogP contribution in [0.15, 0.2) is 30.3 Å². The standard InChI is InChI=1S/C15H19NO3S/c1-10(13(20)11-6-3-2-4-7-11)14(17)19-15(18)12-8-5-9-16-12/h2-4,6-7,10,12-13,16,20H,5,8-9H2,1H3/t10?,12-,13?/m0/s1. The molecule has 0 amide bonds. The van der Waals surface area contributed by atoms with Crippen LogP contribution in [0.25, 0.3) is 0 Å². The maximum absolute atomic E-state index is 12.0. The monoisotopic (exact) mass is 293 g/mol. The Balaban J connectivity index is 1.93. The van der Waals surface area contributed by atoms with Crippen LogP contribution in [0.3, 0.4) is 0 Å². The highest BCUT2D eigenvalue weighted by molar-refractivity contribution is 7.80. The molecule has 1 aliphatic heterocycles. The molecule has 5 heteroatoms. The Labute approximate surface area is 124 Å². The van der Waals surface area contributed by atoms with Crippen LogP contribution < -0.4 is 5.32 Å². The normalized spacial score (nSPS) is 21.2. The van der Waals surface area contributed by atoms with Crippen molar-refractivity contribution >= 4 is 24.6 Å². The van der Waals surface area contributed by atoms with E-state index in [1.165, 1.54) is 0 Å². The van der Waals surface area contributed by atoms with Crippen LogP contribution in [-0.4, -0.2) is 24.5 Å². The first-order chi connectivity index (χ1) is 9.59. The lowest BCUT2D eigenvalue weighted by Crippen LogP contribution is -2.35. The third-order valence-electron chi connectivity index (χ3n) is 3.53. The fourth-order valence-corrected chi connectivity index (χ4v) is 2.51. The number of nitrogens with one attached hydrogen (secondary N) is 1. The minimum Gasteiger partial charge on any atom is -0.392 e. The van der Waals surface area contributed by atoms with Crippen LogP contribution in [0.4, 0.5) is 0 Å². The fraction of sp³-hybridized carbons (Fsp3) is 0.467. The largest absolute Gasteiger partial charge is 0.392 e. The molecule has 3 atom stereocenters. The van der Waals surface area contributed by atoms with E-state index in [1.807, 2.05) is 30.3 Å². The van der Waals surface area contributed by atoms with Gasteiger partial charge in [0.15, 0.2) is 0 Å². The summed E-state index contributed by atoms with van der Waals surface area (Å²) in [6.07, 6.45) is 1.66. The second-order valence-electron chi connectivity index (χ2n) is 5.03. The number of carbonyl (C=O) groups is 2. The van der Waals surface area contributed by atoms with E-state index in [0.29, 0.717) is 0 Å². The second-order valence-corrected chi connectivity index (χ2v) is 5.59. The van der Waals surface area contributed by atoms with Gasteiger partial charge in [0, 0.05) is 5.25 Å². The maximum Gasteiger partial charge on any atom is 0.330 e. The second kappa shape index (κ2) is 6.90. The van der Waals surface area contributed by atoms with Gasteiger partial charge in [0.2, 0.25) is 0 Å². The van der Waals surface area contributed by atoms with E-state index in [9.17, 15) is 9.59 Å². The summed E-state index contributed by atoms with van der Waals surface area (Å²) in [6.45, 7) is 2.52. The molecule has 1 saturated heterocycles. The third kappa shape index (κ3) is 3.61. The predicted molar refractivity (Wildman–Crippen MR) is 79.5 cm³/mol. The molecule has 2 unspecified atom stereocenters. The number of thiol groups is 1. The quantitative estimate of drug-likeness (QED) is 0.507. The summed E-state index contributed by atoms with van der Waals surface area (Å²) in [5.74, 6) is -1.48. The Bertz CT molecular complexity index is 471. The van der Waals surface area contributed by atoms with Gasteiger partial charge in [-0.2, -0.15) is 12.6 Å². The smallest absolute Gasteiger partial charge is 0.330 e. The van der Waals surface area contributed by atoms with Crippen molar-refractivity contribution in [2.45, 2.75) is 31.1 Å². The van der Waals surface area contributed by atoms with Crippen LogP contribution in [-0.2, 0) is 14.3 Å². The minimum atomic E-state index is -0.521. The number of ether oxygens (including phenoxy) is 1. The van der Waals surface area contributed by atoms with Crippen molar-refractivity contribution in [1.29, 1.82) is 0 Å². The highest BCUT2D eigenvalue weighted by Gasteiger charge is 2.30. The molecule has 0 aliphatic carbocycles. The molecule has 0 spiro atoms. The number of hydrogen-bond acceptors (Lipinski definition) is 5. The lowest BCUT2D eigenvalue weighted by atomic mass is 10.0. The number of esters is 2. The molecule has 20 heavy (non-hydrogen) atoms. The average molecular weight is 293 g/mol. The summed E-state index contributed by atoms with van der Waals surface area (Å²) in [4.78, 5) is 23.8. The lowest BCUT2D eigenvalue weighted by molar-refractivity contribution is -0.163. The van der Waals surface area contributed by atoms with Gasteiger partial charge in [0.25, 0.3) is 0 Å². The van der Waals surface area contributed by atoms with Crippen molar-refractivity contribution in [3.8, 4) is 0 Å². The zero-order chi connectivity index (χ0) is 14.5. The SMILES string of the molecule is CC(C(=O)OC(=O)[C@@H]1CCCN1)C(S)c1ccccc1. The molecule has 1 aromatic rings. The van der Waals surface area contributed by atoms with Gasteiger partial charge in [-0.1, -0.05) is 37.3 Å². The van der Waals surface area contributed by atoms with Gasteiger partial charge in [0.05, 0.1) is 5.92 Å². The number of carbonyl (C=O) groups excluding carboxylic acids is 2. The van der Waals surface area contributed by atoms with Crippen LogP contribution in [0.2, 0.25) is 0 Å². The van der Waals surface area contributed by atoms with Crippen LogP contribution in [0.1, 0.15) is 30.6 Å². The Morgan fingerprint density at radius 1 is 1.35 bits per heavy atom. The highest BCUT2D eigenvalue weighted by Crippen LogP contribution is 2.29. The van der Waals surface area contributed by atoms with Crippen molar-refractivity contribution in [2.24, 2.45) is 5.92 Å². The topological polar surface area (TPSA) is 55.4 Å². The molecule has 0 saturated carbocycles. The molecule has 0 bridgehead atoms. The molecule has 1 N–H and O–H groups in total. The summed E-state index contributed by atoms with van der Waals surface area (Å²) in [6, 6.07) is 9.15. The predicted octanol–water partition coefficient (Wildman–Crippen LogP) is 2.12. The van der Waals surface area contributed by atoms with Gasteiger partial charge in [0.1, 0.15) is 6.04 Å². The number of hydrogen-bond donors (Lipinski definition) is 2. The minimum absolute atomic E-state index is 0.284. The summed E-state index contributed by atoms with van der Waals surface area (Å²) < 4.78 is 4.95. The van der Waals surface area contributed by atoms with Gasteiger partial charge in [-0.25, -0.2) is 4.79 Å². The number of rotatable bonds is 4. The molecule has 0 radical (unpaired) electrons.